The van der Waals surface area contributed by atoms with Gasteiger partial charge in [0.1, 0.15) is 0 Å². The summed E-state index contributed by atoms with van der Waals surface area (Å²) in [5.41, 5.74) is -0.619. The number of piperazine rings is 1. The number of sulfone groups is 1. The molecule has 4 rings (SSSR count). The van der Waals surface area contributed by atoms with E-state index < -0.39 is 27.5 Å². The molecule has 39 heavy (non-hydrogen) atoms. The summed E-state index contributed by atoms with van der Waals surface area (Å²) < 4.78 is 72.3. The van der Waals surface area contributed by atoms with E-state index in [0.29, 0.717) is 19.1 Å². The Morgan fingerprint density at radius 3 is 2.38 bits per heavy atom. The molecule has 2 aromatic carbocycles. The molecule has 0 unspecified atom stereocenters. The summed E-state index contributed by atoms with van der Waals surface area (Å²) in [6.45, 7) is 5.86. The smallest absolute Gasteiger partial charge is 0.381 e. The molecule has 12 heteroatoms. The molecule has 2 aromatic rings. The molecule has 0 saturated carbocycles. The number of nitrogens with one attached hydrogen (secondary N) is 1. The first-order valence-electron chi connectivity index (χ1n) is 13.0. The first-order chi connectivity index (χ1) is 18.5. The van der Waals surface area contributed by atoms with Crippen molar-refractivity contribution in [1.29, 1.82) is 0 Å². The normalized spacial score (nSPS) is 18.3. The lowest BCUT2D eigenvalue weighted by molar-refractivity contribution is -0.138. The number of carbonyl (C=O) groups excluding carboxylic acids is 1. The SMILES string of the molecule is CCS(=O)(=O)c1ccc(Cl)cc1CNC(=O)c1ccc(CN2CCN(C3CCOCC3)CC2)c(C(F)(F)F)c1. The summed E-state index contributed by atoms with van der Waals surface area (Å²) in [7, 11) is -3.59. The highest BCUT2D eigenvalue weighted by molar-refractivity contribution is 7.91. The first-order valence-corrected chi connectivity index (χ1v) is 15.0. The average Bonchev–Trinajstić information content (AvgIpc) is 2.92. The maximum atomic E-state index is 14.0. The molecule has 2 fully saturated rings. The number of halogens is 4. The third-order valence-corrected chi connectivity index (χ3v) is 9.43. The van der Waals surface area contributed by atoms with Crippen LogP contribution in [0.25, 0.3) is 0 Å². The van der Waals surface area contributed by atoms with E-state index in [0.717, 1.165) is 45.2 Å². The lowest BCUT2D eigenvalue weighted by atomic mass is 10.0. The molecule has 2 aliphatic heterocycles. The van der Waals surface area contributed by atoms with E-state index in [-0.39, 0.29) is 45.5 Å². The zero-order valence-corrected chi connectivity index (χ0v) is 23.3. The Labute approximate surface area is 232 Å². The summed E-state index contributed by atoms with van der Waals surface area (Å²) in [6, 6.07) is 8.29. The molecule has 1 N–H and O–H groups in total. The Morgan fingerprint density at radius 1 is 1.05 bits per heavy atom. The van der Waals surface area contributed by atoms with Crippen LogP contribution in [0.1, 0.15) is 46.8 Å². The Morgan fingerprint density at radius 2 is 1.74 bits per heavy atom. The third kappa shape index (κ3) is 7.52. The van der Waals surface area contributed by atoms with E-state index in [1.807, 2.05) is 4.90 Å². The Bertz CT molecular complexity index is 1280. The van der Waals surface area contributed by atoms with Crippen LogP contribution in [-0.4, -0.2) is 75.3 Å². The number of rotatable bonds is 8. The molecular formula is C27H33ClF3N3O4S. The molecule has 2 heterocycles. The monoisotopic (exact) mass is 587 g/mol. The van der Waals surface area contributed by atoms with Crippen molar-refractivity contribution in [2.75, 3.05) is 45.1 Å². The van der Waals surface area contributed by atoms with Gasteiger partial charge in [-0.2, -0.15) is 13.2 Å². The minimum absolute atomic E-state index is 0.0259. The largest absolute Gasteiger partial charge is 0.416 e. The molecule has 1 amide bonds. The zero-order valence-electron chi connectivity index (χ0n) is 21.8. The lowest BCUT2D eigenvalue weighted by Crippen LogP contribution is -2.51. The molecule has 214 valence electrons. The topological polar surface area (TPSA) is 79.0 Å². The van der Waals surface area contributed by atoms with Gasteiger partial charge in [0.25, 0.3) is 5.91 Å². The molecule has 0 aromatic heterocycles. The van der Waals surface area contributed by atoms with E-state index in [1.54, 1.807) is 0 Å². The standard InChI is InChI=1S/C27H33ClF3N3O4S/c1-2-39(36,37)25-6-5-22(28)15-21(25)17-32-26(35)19-3-4-20(24(16-19)27(29,30)31)18-33-9-11-34(12-10-33)23-7-13-38-14-8-23/h3-6,15-16,23H,2,7-14,17-18H2,1H3,(H,32,35). The third-order valence-electron chi connectivity index (χ3n) is 7.36. The molecule has 0 aliphatic carbocycles. The van der Waals surface area contributed by atoms with Gasteiger partial charge in [-0.1, -0.05) is 24.6 Å². The quantitative estimate of drug-likeness (QED) is 0.494. The molecule has 0 atom stereocenters. The van der Waals surface area contributed by atoms with Crippen LogP contribution >= 0.6 is 11.6 Å². The van der Waals surface area contributed by atoms with Crippen LogP contribution in [0.3, 0.4) is 0 Å². The lowest BCUT2D eigenvalue weighted by Gasteiger charge is -2.40. The van der Waals surface area contributed by atoms with Crippen molar-refractivity contribution < 1.29 is 31.1 Å². The van der Waals surface area contributed by atoms with Gasteiger partial charge in [-0.3, -0.25) is 14.6 Å². The minimum atomic E-state index is -4.63. The summed E-state index contributed by atoms with van der Waals surface area (Å²) in [4.78, 5) is 17.2. The zero-order chi connectivity index (χ0) is 28.2. The predicted molar refractivity (Wildman–Crippen MR) is 142 cm³/mol. The second kappa shape index (κ2) is 12.6. The van der Waals surface area contributed by atoms with Gasteiger partial charge < -0.3 is 10.1 Å². The van der Waals surface area contributed by atoms with Crippen LogP contribution in [0.4, 0.5) is 13.2 Å². The maximum Gasteiger partial charge on any atom is 0.416 e. The van der Waals surface area contributed by atoms with Gasteiger partial charge in [-0.05, 0) is 54.3 Å². The summed E-state index contributed by atoms with van der Waals surface area (Å²) in [5, 5.41) is 2.82. The fourth-order valence-electron chi connectivity index (χ4n) is 5.12. The number of amides is 1. The van der Waals surface area contributed by atoms with Crippen LogP contribution in [0.2, 0.25) is 5.02 Å². The van der Waals surface area contributed by atoms with Crippen molar-refractivity contribution >= 4 is 27.3 Å². The van der Waals surface area contributed by atoms with Gasteiger partial charge in [0.05, 0.1) is 16.2 Å². The van der Waals surface area contributed by atoms with Gasteiger partial charge in [-0.25, -0.2) is 8.42 Å². The predicted octanol–water partition coefficient (Wildman–Crippen LogP) is 4.38. The van der Waals surface area contributed by atoms with Gasteiger partial charge in [0.2, 0.25) is 0 Å². The number of hydrogen-bond acceptors (Lipinski definition) is 6. The molecule has 2 aliphatic rings. The van der Waals surface area contributed by atoms with Crippen molar-refractivity contribution in [2.45, 2.75) is 50.0 Å². The van der Waals surface area contributed by atoms with Crippen molar-refractivity contribution in [3.05, 3.63) is 63.7 Å². The van der Waals surface area contributed by atoms with Gasteiger partial charge >= 0.3 is 6.18 Å². The van der Waals surface area contributed by atoms with Gasteiger partial charge in [0.15, 0.2) is 9.84 Å². The highest BCUT2D eigenvalue weighted by atomic mass is 35.5. The summed E-state index contributed by atoms with van der Waals surface area (Å²) in [6.07, 6.45) is -2.67. The van der Waals surface area contributed by atoms with E-state index in [9.17, 15) is 26.4 Å². The minimum Gasteiger partial charge on any atom is -0.381 e. The molecule has 0 spiro atoms. The number of carbonyl (C=O) groups is 1. The van der Waals surface area contributed by atoms with E-state index in [2.05, 4.69) is 10.2 Å². The fraction of sp³-hybridized carbons (Fsp3) is 0.519. The van der Waals surface area contributed by atoms with E-state index >= 15 is 0 Å². The highest BCUT2D eigenvalue weighted by Crippen LogP contribution is 2.34. The van der Waals surface area contributed by atoms with Crippen LogP contribution in [0, 0.1) is 0 Å². The van der Waals surface area contributed by atoms with E-state index in [1.165, 1.54) is 37.3 Å². The number of nitrogens with zero attached hydrogens (tertiary/aromatic N) is 2. The van der Waals surface area contributed by atoms with Gasteiger partial charge in [-0.15, -0.1) is 0 Å². The van der Waals surface area contributed by atoms with Crippen molar-refractivity contribution in [1.82, 2.24) is 15.1 Å². The van der Waals surface area contributed by atoms with Crippen molar-refractivity contribution in [3.63, 3.8) is 0 Å². The Hall–Kier alpha value is -2.18. The second-order valence-electron chi connectivity index (χ2n) is 9.86. The van der Waals surface area contributed by atoms with E-state index in [4.69, 9.17) is 16.3 Å². The number of alkyl halides is 3. The van der Waals surface area contributed by atoms with Crippen LogP contribution in [0.5, 0.6) is 0 Å². The van der Waals surface area contributed by atoms with Crippen molar-refractivity contribution in [3.8, 4) is 0 Å². The molecule has 7 nitrogen and oxygen atoms in total. The number of hydrogen-bond donors (Lipinski definition) is 1. The highest BCUT2D eigenvalue weighted by Gasteiger charge is 2.35. The number of benzene rings is 2. The Kier molecular flexibility index (Phi) is 9.59. The molecular weight excluding hydrogens is 555 g/mol. The maximum absolute atomic E-state index is 14.0. The first kappa shape index (κ1) is 29.8. The average molecular weight is 588 g/mol. The van der Waals surface area contributed by atoms with Gasteiger partial charge in [0, 0.05) is 69.1 Å². The molecule has 0 radical (unpaired) electrons. The number of ether oxygens (including phenoxy) is 1. The summed E-state index contributed by atoms with van der Waals surface area (Å²) >= 11 is 6.01. The van der Waals surface area contributed by atoms with Crippen LogP contribution in [0.15, 0.2) is 41.3 Å². The second-order valence-corrected chi connectivity index (χ2v) is 12.5. The van der Waals surface area contributed by atoms with Crippen LogP contribution < -0.4 is 5.32 Å². The fourth-order valence-corrected chi connectivity index (χ4v) is 6.43. The van der Waals surface area contributed by atoms with Crippen LogP contribution in [-0.2, 0) is 33.8 Å². The Balaban J connectivity index is 1.44. The molecule has 2 saturated heterocycles. The molecule has 0 bridgehead atoms. The van der Waals surface area contributed by atoms with Crippen molar-refractivity contribution in [2.24, 2.45) is 0 Å². The summed E-state index contributed by atoms with van der Waals surface area (Å²) in [5.74, 6) is -0.881.